The van der Waals surface area contributed by atoms with Crippen LogP contribution in [0.4, 0.5) is 5.69 Å². The molecule has 1 fully saturated rings. The maximum Gasteiger partial charge on any atom is 0.338 e. The number of rotatable bonds is 4. The number of halogens is 2. The molecular formula is C22H20Cl2N2O2. The van der Waals surface area contributed by atoms with Crippen molar-refractivity contribution in [2.24, 2.45) is 0 Å². The van der Waals surface area contributed by atoms with E-state index in [4.69, 9.17) is 27.6 Å². The fourth-order valence-electron chi connectivity index (χ4n) is 3.46. The monoisotopic (exact) mass is 414 g/mol. The van der Waals surface area contributed by atoms with Gasteiger partial charge in [0.15, 0.2) is 0 Å². The van der Waals surface area contributed by atoms with Crippen molar-refractivity contribution in [1.82, 2.24) is 4.90 Å². The largest absolute Gasteiger partial charge is 0.423 e. The van der Waals surface area contributed by atoms with Gasteiger partial charge in [0.05, 0.1) is 5.69 Å². The molecule has 1 N–H and O–H groups in total. The molecule has 0 bridgehead atoms. The third-order valence-electron chi connectivity index (χ3n) is 4.96. The van der Waals surface area contributed by atoms with Gasteiger partial charge in [-0.25, -0.2) is 4.79 Å². The Morgan fingerprint density at radius 2 is 1.86 bits per heavy atom. The van der Waals surface area contributed by atoms with E-state index in [0.29, 0.717) is 10.6 Å². The van der Waals surface area contributed by atoms with Crippen LogP contribution in [0.25, 0.3) is 17.0 Å². The molecule has 2 aromatic carbocycles. The highest BCUT2D eigenvalue weighted by Gasteiger charge is 2.18. The van der Waals surface area contributed by atoms with Crippen LogP contribution in [0.1, 0.15) is 18.4 Å². The van der Waals surface area contributed by atoms with Crippen LogP contribution in [0.5, 0.6) is 0 Å². The predicted molar refractivity (Wildman–Crippen MR) is 116 cm³/mol. The lowest BCUT2D eigenvalue weighted by Gasteiger charge is -2.32. The number of nitrogens with one attached hydrogen (secondary N) is 1. The summed E-state index contributed by atoms with van der Waals surface area (Å²) in [6, 6.07) is 14.9. The van der Waals surface area contributed by atoms with E-state index in [2.05, 4.69) is 16.4 Å². The highest BCUT2D eigenvalue weighted by atomic mass is 35.5. The van der Waals surface area contributed by atoms with Crippen molar-refractivity contribution in [3.05, 3.63) is 80.8 Å². The molecule has 0 saturated carbocycles. The van der Waals surface area contributed by atoms with Crippen LogP contribution in [0, 0.1) is 0 Å². The molecular weight excluding hydrogens is 395 g/mol. The zero-order valence-electron chi connectivity index (χ0n) is 15.2. The Kier molecular flexibility index (Phi) is 5.60. The summed E-state index contributed by atoms with van der Waals surface area (Å²) in [5, 5.41) is 5.70. The number of hydrogen-bond donors (Lipinski definition) is 1. The number of likely N-dealkylation sites (tertiary alicyclic amines) is 1. The molecule has 0 spiro atoms. The molecule has 0 amide bonds. The first-order valence-corrected chi connectivity index (χ1v) is 10.0. The quantitative estimate of drug-likeness (QED) is 0.560. The van der Waals surface area contributed by atoms with Crippen LogP contribution < -0.4 is 10.9 Å². The third-order valence-corrected chi connectivity index (χ3v) is 5.54. The molecule has 0 aliphatic carbocycles. The van der Waals surface area contributed by atoms with Gasteiger partial charge < -0.3 is 14.6 Å². The Morgan fingerprint density at radius 3 is 2.64 bits per heavy atom. The van der Waals surface area contributed by atoms with Crippen molar-refractivity contribution >= 4 is 45.9 Å². The lowest BCUT2D eigenvalue weighted by atomic mass is 10.0. The molecule has 1 aliphatic rings. The van der Waals surface area contributed by atoms with Gasteiger partial charge in [-0.2, -0.15) is 0 Å². The number of hydrogen-bond acceptors (Lipinski definition) is 4. The van der Waals surface area contributed by atoms with Crippen LogP contribution in [-0.4, -0.2) is 24.0 Å². The summed E-state index contributed by atoms with van der Waals surface area (Å²) in [7, 11) is 0. The molecule has 1 aliphatic heterocycles. The van der Waals surface area contributed by atoms with E-state index in [1.165, 1.54) is 6.07 Å². The van der Waals surface area contributed by atoms with Gasteiger partial charge in [-0.15, -0.1) is 0 Å². The number of benzene rings is 2. The second-order valence-electron chi connectivity index (χ2n) is 6.91. The van der Waals surface area contributed by atoms with Gasteiger partial charge in [-0.05, 0) is 54.9 Å². The second kappa shape index (κ2) is 8.29. The van der Waals surface area contributed by atoms with Crippen LogP contribution in [0.2, 0.25) is 10.0 Å². The van der Waals surface area contributed by atoms with Gasteiger partial charge in [0.2, 0.25) is 0 Å². The zero-order chi connectivity index (χ0) is 19.5. The minimum absolute atomic E-state index is 0.286. The molecule has 3 aromatic rings. The SMILES string of the molecule is O=c1cc(NC2CCN(/C=C/c3ccccc3Cl)CC2)c2cc(Cl)ccc2o1. The maximum absolute atomic E-state index is 11.9. The molecule has 1 aromatic heterocycles. The Balaban J connectivity index is 1.42. The molecule has 28 heavy (non-hydrogen) atoms. The Labute approximate surface area is 173 Å². The molecule has 1 saturated heterocycles. The van der Waals surface area contributed by atoms with Crippen LogP contribution in [0.15, 0.2) is 63.9 Å². The van der Waals surface area contributed by atoms with E-state index in [9.17, 15) is 4.79 Å². The third kappa shape index (κ3) is 4.34. The van der Waals surface area contributed by atoms with Crippen molar-refractivity contribution in [2.75, 3.05) is 18.4 Å². The first-order chi connectivity index (χ1) is 13.6. The molecule has 0 radical (unpaired) electrons. The Hall–Kier alpha value is -2.43. The first-order valence-electron chi connectivity index (χ1n) is 9.25. The topological polar surface area (TPSA) is 45.5 Å². The zero-order valence-corrected chi connectivity index (χ0v) is 16.7. The van der Waals surface area contributed by atoms with E-state index in [0.717, 1.165) is 47.6 Å². The van der Waals surface area contributed by atoms with Gasteiger partial charge >= 0.3 is 5.63 Å². The number of piperidine rings is 1. The van der Waals surface area contributed by atoms with E-state index in [1.54, 1.807) is 12.1 Å². The van der Waals surface area contributed by atoms with Crippen molar-refractivity contribution in [3.63, 3.8) is 0 Å². The number of anilines is 1. The number of nitrogens with zero attached hydrogens (tertiary/aromatic N) is 1. The Bertz CT molecular complexity index is 1070. The molecule has 144 valence electrons. The average molecular weight is 415 g/mol. The minimum atomic E-state index is -0.363. The normalized spacial score (nSPS) is 15.4. The molecule has 0 unspecified atom stereocenters. The molecule has 4 rings (SSSR count). The van der Waals surface area contributed by atoms with Gasteiger partial charge in [-0.3, -0.25) is 0 Å². The summed E-state index contributed by atoms with van der Waals surface area (Å²) >= 11 is 12.3. The van der Waals surface area contributed by atoms with Crippen molar-refractivity contribution in [3.8, 4) is 0 Å². The van der Waals surface area contributed by atoms with Gasteiger partial charge in [-0.1, -0.05) is 41.4 Å². The summed E-state index contributed by atoms with van der Waals surface area (Å²) in [5.74, 6) is 0. The van der Waals surface area contributed by atoms with Crippen LogP contribution in [0.3, 0.4) is 0 Å². The lowest BCUT2D eigenvalue weighted by Crippen LogP contribution is -2.36. The first kappa shape index (κ1) is 18.9. The highest BCUT2D eigenvalue weighted by Crippen LogP contribution is 2.27. The summed E-state index contributed by atoms with van der Waals surface area (Å²) in [6.45, 7) is 1.86. The van der Waals surface area contributed by atoms with Gasteiger partial charge in [0.25, 0.3) is 0 Å². The van der Waals surface area contributed by atoms with Gasteiger partial charge in [0.1, 0.15) is 5.58 Å². The van der Waals surface area contributed by atoms with Crippen LogP contribution >= 0.6 is 23.2 Å². The summed E-state index contributed by atoms with van der Waals surface area (Å²) < 4.78 is 5.26. The summed E-state index contributed by atoms with van der Waals surface area (Å²) in [6.07, 6.45) is 6.09. The average Bonchev–Trinajstić information content (AvgIpc) is 2.69. The van der Waals surface area contributed by atoms with Crippen molar-refractivity contribution in [1.29, 1.82) is 0 Å². The molecule has 6 heteroatoms. The molecule has 0 atom stereocenters. The van der Waals surface area contributed by atoms with E-state index in [-0.39, 0.29) is 11.7 Å². The fraction of sp³-hybridized carbons (Fsp3) is 0.227. The number of fused-ring (bicyclic) bond motifs is 1. The fourth-order valence-corrected chi connectivity index (χ4v) is 3.83. The van der Waals surface area contributed by atoms with Crippen molar-refractivity contribution in [2.45, 2.75) is 18.9 Å². The second-order valence-corrected chi connectivity index (χ2v) is 7.76. The van der Waals surface area contributed by atoms with Crippen molar-refractivity contribution < 1.29 is 4.42 Å². The summed E-state index contributed by atoms with van der Waals surface area (Å²) in [5.41, 5.74) is 1.97. The van der Waals surface area contributed by atoms with E-state index < -0.39 is 0 Å². The van der Waals surface area contributed by atoms with Crippen LogP contribution in [-0.2, 0) is 0 Å². The molecule has 2 heterocycles. The predicted octanol–water partition coefficient (Wildman–Crippen LogP) is 5.65. The summed E-state index contributed by atoms with van der Waals surface area (Å²) in [4.78, 5) is 14.2. The Morgan fingerprint density at radius 1 is 1.07 bits per heavy atom. The molecule has 4 nitrogen and oxygen atoms in total. The van der Waals surface area contributed by atoms with Gasteiger partial charge in [0, 0.05) is 40.6 Å². The lowest BCUT2D eigenvalue weighted by molar-refractivity contribution is 0.295. The minimum Gasteiger partial charge on any atom is -0.423 e. The van der Waals surface area contributed by atoms with E-state index in [1.807, 2.05) is 36.4 Å². The standard InChI is InChI=1S/C22H20Cl2N2O2/c23-16-5-6-21-18(13-16)20(14-22(27)28-21)25-17-8-11-26(12-9-17)10-7-15-3-1-2-4-19(15)24/h1-7,10,13-14,17,25H,8-9,11-12H2/b10-7+. The smallest absolute Gasteiger partial charge is 0.338 e. The van der Waals surface area contributed by atoms with E-state index >= 15 is 0 Å². The maximum atomic E-state index is 11.9. The highest BCUT2D eigenvalue weighted by molar-refractivity contribution is 6.32.